The van der Waals surface area contributed by atoms with Crippen molar-refractivity contribution in [1.29, 1.82) is 0 Å². The predicted octanol–water partition coefficient (Wildman–Crippen LogP) is 2.22. The molecule has 0 aliphatic carbocycles. The molecule has 0 saturated heterocycles. The van der Waals surface area contributed by atoms with Crippen molar-refractivity contribution in [1.82, 2.24) is 10.6 Å². The van der Waals surface area contributed by atoms with Gasteiger partial charge in [0.1, 0.15) is 6.04 Å². The van der Waals surface area contributed by atoms with Gasteiger partial charge < -0.3 is 15.7 Å². The highest BCUT2D eigenvalue weighted by Gasteiger charge is 2.22. The quantitative estimate of drug-likeness (QED) is 0.683. The van der Waals surface area contributed by atoms with Gasteiger partial charge in [0, 0.05) is 6.54 Å². The number of carboxylic acid groups (broad SMARTS) is 1. The molecule has 0 fully saturated rings. The molecule has 5 nitrogen and oxygen atoms in total. The van der Waals surface area contributed by atoms with Gasteiger partial charge in [0.15, 0.2) is 0 Å². The number of rotatable bonds is 6. The molecule has 0 aliphatic rings. The Kier molecular flexibility index (Phi) is 6.73. The molecule has 106 valence electrons. The summed E-state index contributed by atoms with van der Waals surface area (Å²) in [6.45, 7) is 10.8. The summed E-state index contributed by atoms with van der Waals surface area (Å²) in [4.78, 5) is 22.5. The first-order chi connectivity index (χ1) is 8.18. The van der Waals surface area contributed by atoms with Crippen LogP contribution in [0.4, 0.5) is 4.79 Å². The van der Waals surface area contributed by atoms with Crippen LogP contribution in [0.25, 0.3) is 0 Å². The average molecular weight is 258 g/mol. The standard InChI is InChI=1S/C13H26N2O3/c1-6-7-10(11(16)17)15-12(18)14-8-9(2)13(3,4)5/h9-10H,6-8H2,1-5H3,(H,16,17)(H2,14,15,18)/t9?,10-/m0/s1. The predicted molar refractivity (Wildman–Crippen MR) is 71.5 cm³/mol. The van der Waals surface area contributed by atoms with Crippen LogP contribution in [0.5, 0.6) is 0 Å². The molecule has 2 atom stereocenters. The molecule has 0 rings (SSSR count). The van der Waals surface area contributed by atoms with Crippen molar-refractivity contribution in [2.24, 2.45) is 11.3 Å². The van der Waals surface area contributed by atoms with E-state index in [2.05, 4.69) is 38.3 Å². The Balaban J connectivity index is 4.14. The lowest BCUT2D eigenvalue weighted by atomic mass is 9.82. The van der Waals surface area contributed by atoms with Gasteiger partial charge in [0.05, 0.1) is 0 Å². The van der Waals surface area contributed by atoms with E-state index >= 15 is 0 Å². The highest BCUT2D eigenvalue weighted by Crippen LogP contribution is 2.24. The fourth-order valence-corrected chi connectivity index (χ4v) is 1.31. The Morgan fingerprint density at radius 3 is 2.22 bits per heavy atom. The minimum atomic E-state index is -0.990. The molecule has 5 heteroatoms. The molecule has 0 radical (unpaired) electrons. The molecule has 0 aromatic carbocycles. The fraction of sp³-hybridized carbons (Fsp3) is 0.846. The Morgan fingerprint density at radius 2 is 1.83 bits per heavy atom. The molecule has 3 N–H and O–H groups in total. The van der Waals surface area contributed by atoms with Gasteiger partial charge in [-0.25, -0.2) is 9.59 Å². The van der Waals surface area contributed by atoms with Crippen molar-refractivity contribution in [3.8, 4) is 0 Å². The summed E-state index contributed by atoms with van der Waals surface area (Å²) in [7, 11) is 0. The molecule has 1 unspecified atom stereocenters. The number of carbonyl (C=O) groups excluding carboxylic acids is 1. The summed E-state index contributed by atoms with van der Waals surface area (Å²) in [5.41, 5.74) is 0.114. The van der Waals surface area contributed by atoms with Crippen molar-refractivity contribution < 1.29 is 14.7 Å². The molecule has 0 spiro atoms. The van der Waals surface area contributed by atoms with E-state index in [9.17, 15) is 9.59 Å². The van der Waals surface area contributed by atoms with Crippen LogP contribution in [0.2, 0.25) is 0 Å². The highest BCUT2D eigenvalue weighted by atomic mass is 16.4. The molecule has 0 aromatic rings. The average Bonchev–Trinajstić information content (AvgIpc) is 2.23. The number of carbonyl (C=O) groups is 2. The molecule has 2 amide bonds. The third-order valence-corrected chi connectivity index (χ3v) is 3.23. The van der Waals surface area contributed by atoms with Crippen LogP contribution < -0.4 is 10.6 Å². The van der Waals surface area contributed by atoms with Gasteiger partial charge in [-0.1, -0.05) is 41.0 Å². The Hall–Kier alpha value is -1.26. The zero-order chi connectivity index (χ0) is 14.3. The Morgan fingerprint density at radius 1 is 1.28 bits per heavy atom. The zero-order valence-electron chi connectivity index (χ0n) is 12.0. The van der Waals surface area contributed by atoms with Crippen molar-refractivity contribution in [3.05, 3.63) is 0 Å². The molecule has 0 aromatic heterocycles. The van der Waals surface area contributed by atoms with Gasteiger partial charge in [-0.2, -0.15) is 0 Å². The van der Waals surface area contributed by atoms with E-state index in [1.54, 1.807) is 0 Å². The van der Waals surface area contributed by atoms with Crippen LogP contribution in [0.3, 0.4) is 0 Å². The van der Waals surface area contributed by atoms with E-state index < -0.39 is 18.0 Å². The van der Waals surface area contributed by atoms with E-state index in [-0.39, 0.29) is 5.41 Å². The summed E-state index contributed by atoms with van der Waals surface area (Å²) in [6, 6.07) is -1.22. The Labute approximate surface area is 109 Å². The minimum absolute atomic E-state index is 0.114. The van der Waals surface area contributed by atoms with Crippen LogP contribution in [-0.2, 0) is 4.79 Å². The lowest BCUT2D eigenvalue weighted by Crippen LogP contribution is -2.47. The van der Waals surface area contributed by atoms with Crippen molar-refractivity contribution in [2.45, 2.75) is 53.5 Å². The molecule has 18 heavy (non-hydrogen) atoms. The van der Waals surface area contributed by atoms with Gasteiger partial charge in [-0.05, 0) is 17.8 Å². The number of carboxylic acids is 1. The second-order valence-electron chi connectivity index (χ2n) is 5.80. The third kappa shape index (κ3) is 6.47. The number of urea groups is 1. The zero-order valence-corrected chi connectivity index (χ0v) is 12.0. The SMILES string of the molecule is CCC[C@H](NC(=O)NCC(C)C(C)(C)C)C(=O)O. The summed E-state index contributed by atoms with van der Waals surface area (Å²) >= 11 is 0. The van der Waals surface area contributed by atoms with Gasteiger partial charge in [0.25, 0.3) is 0 Å². The number of amides is 2. The Bertz CT molecular complexity index is 284. The number of aliphatic carboxylic acids is 1. The maximum Gasteiger partial charge on any atom is 0.326 e. The second-order valence-corrected chi connectivity index (χ2v) is 5.80. The van der Waals surface area contributed by atoms with Crippen LogP contribution in [0, 0.1) is 11.3 Å². The summed E-state index contributed by atoms with van der Waals surface area (Å²) in [5, 5.41) is 14.1. The van der Waals surface area contributed by atoms with E-state index in [1.807, 2.05) is 6.92 Å². The number of nitrogens with one attached hydrogen (secondary N) is 2. The monoisotopic (exact) mass is 258 g/mol. The maximum absolute atomic E-state index is 11.6. The summed E-state index contributed by atoms with van der Waals surface area (Å²) in [6.07, 6.45) is 1.16. The topological polar surface area (TPSA) is 78.4 Å². The van der Waals surface area contributed by atoms with Gasteiger partial charge in [-0.15, -0.1) is 0 Å². The molecule has 0 aliphatic heterocycles. The lowest BCUT2D eigenvalue weighted by molar-refractivity contribution is -0.139. The number of hydrogen-bond acceptors (Lipinski definition) is 2. The minimum Gasteiger partial charge on any atom is -0.480 e. The highest BCUT2D eigenvalue weighted by molar-refractivity contribution is 5.82. The largest absolute Gasteiger partial charge is 0.480 e. The first-order valence-corrected chi connectivity index (χ1v) is 6.45. The fourth-order valence-electron chi connectivity index (χ4n) is 1.31. The van der Waals surface area contributed by atoms with E-state index in [1.165, 1.54) is 0 Å². The molecule has 0 heterocycles. The molecule has 0 saturated carbocycles. The van der Waals surface area contributed by atoms with Crippen molar-refractivity contribution in [2.75, 3.05) is 6.54 Å². The van der Waals surface area contributed by atoms with Crippen LogP contribution >= 0.6 is 0 Å². The lowest BCUT2D eigenvalue weighted by Gasteiger charge is -2.27. The second kappa shape index (κ2) is 7.24. The van der Waals surface area contributed by atoms with Crippen LogP contribution in [0.1, 0.15) is 47.5 Å². The molecule has 0 bridgehead atoms. The number of hydrogen-bond donors (Lipinski definition) is 3. The van der Waals surface area contributed by atoms with E-state index in [0.29, 0.717) is 18.9 Å². The molecular weight excluding hydrogens is 232 g/mol. The van der Waals surface area contributed by atoms with E-state index in [4.69, 9.17) is 5.11 Å². The summed E-state index contributed by atoms with van der Waals surface area (Å²) in [5.74, 6) is -0.673. The van der Waals surface area contributed by atoms with Gasteiger partial charge in [0.2, 0.25) is 0 Å². The van der Waals surface area contributed by atoms with Crippen LogP contribution in [0.15, 0.2) is 0 Å². The first kappa shape index (κ1) is 16.7. The first-order valence-electron chi connectivity index (χ1n) is 6.45. The smallest absolute Gasteiger partial charge is 0.326 e. The summed E-state index contributed by atoms with van der Waals surface area (Å²) < 4.78 is 0. The van der Waals surface area contributed by atoms with Gasteiger partial charge in [-0.3, -0.25) is 0 Å². The van der Waals surface area contributed by atoms with Crippen molar-refractivity contribution >= 4 is 12.0 Å². The normalized spacial score (nSPS) is 14.7. The van der Waals surface area contributed by atoms with Crippen LogP contribution in [-0.4, -0.2) is 29.7 Å². The maximum atomic E-state index is 11.6. The third-order valence-electron chi connectivity index (χ3n) is 3.23. The van der Waals surface area contributed by atoms with Crippen molar-refractivity contribution in [3.63, 3.8) is 0 Å². The molecular formula is C13H26N2O3. The van der Waals surface area contributed by atoms with E-state index in [0.717, 1.165) is 6.42 Å². The van der Waals surface area contributed by atoms with Gasteiger partial charge >= 0.3 is 12.0 Å².